The third-order valence-electron chi connectivity index (χ3n) is 6.38. The Hall–Kier alpha value is -4.30. The molecule has 212 valence electrons. The van der Waals surface area contributed by atoms with Crippen molar-refractivity contribution in [3.63, 3.8) is 0 Å². The van der Waals surface area contributed by atoms with E-state index in [1.165, 1.54) is 6.34 Å². The summed E-state index contributed by atoms with van der Waals surface area (Å²) in [6, 6.07) is 7.22. The molecule has 4 N–H and O–H groups in total. The van der Waals surface area contributed by atoms with Gasteiger partial charge in [-0.1, -0.05) is 12.1 Å². The number of nitrogens with one attached hydrogen (secondary N) is 2. The van der Waals surface area contributed by atoms with Gasteiger partial charge >= 0.3 is 12.2 Å². The van der Waals surface area contributed by atoms with E-state index in [0.717, 1.165) is 30.2 Å². The van der Waals surface area contributed by atoms with Crippen LogP contribution in [0, 0.1) is 0 Å². The number of carbonyl (C=O) groups excluding carboxylic acids is 2. The summed E-state index contributed by atoms with van der Waals surface area (Å²) in [4.78, 5) is 34.6. The summed E-state index contributed by atoms with van der Waals surface area (Å²) >= 11 is 0. The zero-order chi connectivity index (χ0) is 28.7. The van der Waals surface area contributed by atoms with E-state index in [4.69, 9.17) is 10.5 Å². The van der Waals surface area contributed by atoms with Gasteiger partial charge in [0.15, 0.2) is 0 Å². The van der Waals surface area contributed by atoms with E-state index in [1.54, 1.807) is 29.3 Å². The van der Waals surface area contributed by atoms with Gasteiger partial charge in [0.25, 0.3) is 0 Å². The number of benzene rings is 1. The summed E-state index contributed by atoms with van der Waals surface area (Å²) in [6.45, 7) is 4.94. The highest BCUT2D eigenvalue weighted by molar-refractivity contribution is 5.99. The molecule has 2 aromatic rings. The van der Waals surface area contributed by atoms with Crippen molar-refractivity contribution in [2.45, 2.75) is 25.6 Å². The van der Waals surface area contributed by atoms with Crippen molar-refractivity contribution in [1.29, 1.82) is 0 Å². The molecule has 4 rings (SSSR count). The molecule has 40 heavy (non-hydrogen) atoms. The van der Waals surface area contributed by atoms with Gasteiger partial charge in [-0.2, -0.15) is 18.3 Å². The molecule has 1 fully saturated rings. The van der Waals surface area contributed by atoms with Crippen molar-refractivity contribution in [1.82, 2.24) is 14.9 Å². The van der Waals surface area contributed by atoms with Crippen molar-refractivity contribution in [2.24, 2.45) is 15.8 Å². The van der Waals surface area contributed by atoms with Crippen molar-refractivity contribution in [3.05, 3.63) is 65.0 Å². The monoisotopic (exact) mass is 558 g/mol. The molecule has 2 aliphatic heterocycles. The van der Waals surface area contributed by atoms with Crippen LogP contribution in [0.3, 0.4) is 0 Å². The number of alkyl halides is 3. The number of allylic oxidation sites excluding steroid dienone is 1. The predicted molar refractivity (Wildman–Crippen MR) is 144 cm³/mol. The van der Waals surface area contributed by atoms with Gasteiger partial charge in [0.1, 0.15) is 30.3 Å². The normalized spacial score (nSPS) is 18.6. The molecule has 1 aromatic carbocycles. The van der Waals surface area contributed by atoms with E-state index in [9.17, 15) is 22.8 Å². The van der Waals surface area contributed by atoms with Crippen molar-refractivity contribution >= 4 is 36.0 Å². The Balaban J connectivity index is 1.47. The number of nitrogens with two attached hydrogens (primary N) is 1. The molecule has 1 aromatic heterocycles. The number of hydrogen-bond donors (Lipinski definition) is 3. The lowest BCUT2D eigenvalue weighted by atomic mass is 10.0. The topological polar surface area (TPSA) is 138 Å². The molecule has 0 aliphatic carbocycles. The fraction of sp³-hybridized carbons (Fsp3) is 0.346. The Kier molecular flexibility index (Phi) is 9.11. The number of halogens is 3. The Labute approximate surface area is 228 Å². The molecule has 0 spiro atoms. The number of morpholine rings is 1. The SMILES string of the molecule is CC1C(N)=NC=NN1/C(CN1CCOCC1)=C(/C=O)Cc1ccc(NC(=O)Nc2cc(C(F)(F)F)ccn2)cc1. The Morgan fingerprint density at radius 2 is 1.90 bits per heavy atom. The molecular formula is C26H29F3N8O3. The number of aldehydes is 1. The first kappa shape index (κ1) is 28.7. The summed E-state index contributed by atoms with van der Waals surface area (Å²) < 4.78 is 44.2. The lowest BCUT2D eigenvalue weighted by molar-refractivity contribution is -0.137. The predicted octanol–water partition coefficient (Wildman–Crippen LogP) is 3.08. The van der Waals surface area contributed by atoms with Crippen LogP contribution in [-0.4, -0.2) is 78.3 Å². The van der Waals surface area contributed by atoms with Gasteiger partial charge in [-0.3, -0.25) is 20.0 Å². The maximum atomic E-state index is 12.9. The van der Waals surface area contributed by atoms with Crippen LogP contribution in [0.4, 0.5) is 29.5 Å². The number of anilines is 2. The smallest absolute Gasteiger partial charge is 0.385 e. The first-order valence-electron chi connectivity index (χ1n) is 12.5. The maximum Gasteiger partial charge on any atom is 0.416 e. The van der Waals surface area contributed by atoms with Crippen LogP contribution in [0.2, 0.25) is 0 Å². The second-order valence-electron chi connectivity index (χ2n) is 9.16. The van der Waals surface area contributed by atoms with Gasteiger partial charge in [0, 0.05) is 43.5 Å². The van der Waals surface area contributed by atoms with Crippen LogP contribution in [0.15, 0.2) is 64.0 Å². The quantitative estimate of drug-likeness (QED) is 0.335. The number of pyridine rings is 1. The summed E-state index contributed by atoms with van der Waals surface area (Å²) in [6.07, 6.45) is -1.13. The summed E-state index contributed by atoms with van der Waals surface area (Å²) in [7, 11) is 0. The van der Waals surface area contributed by atoms with Crippen molar-refractivity contribution < 1.29 is 27.5 Å². The molecule has 11 nitrogen and oxygen atoms in total. The minimum Gasteiger partial charge on any atom is -0.385 e. The first-order valence-corrected chi connectivity index (χ1v) is 12.5. The number of hydrogen-bond acceptors (Lipinski definition) is 9. The average Bonchev–Trinajstić information content (AvgIpc) is 2.93. The first-order chi connectivity index (χ1) is 19.1. The number of amidine groups is 1. The van der Waals surface area contributed by atoms with E-state index in [-0.39, 0.29) is 11.9 Å². The van der Waals surface area contributed by atoms with Crippen molar-refractivity contribution in [3.8, 4) is 0 Å². The molecule has 3 heterocycles. The molecule has 1 saturated heterocycles. The summed E-state index contributed by atoms with van der Waals surface area (Å²) in [5.41, 5.74) is 7.53. The number of rotatable bonds is 8. The highest BCUT2D eigenvalue weighted by Crippen LogP contribution is 2.30. The third kappa shape index (κ3) is 7.42. The Bertz CT molecular complexity index is 1310. The zero-order valence-corrected chi connectivity index (χ0v) is 21.7. The average molecular weight is 559 g/mol. The van der Waals surface area contributed by atoms with Gasteiger partial charge in [-0.25, -0.2) is 14.8 Å². The van der Waals surface area contributed by atoms with Crippen LogP contribution >= 0.6 is 0 Å². The highest BCUT2D eigenvalue weighted by atomic mass is 19.4. The van der Waals surface area contributed by atoms with Gasteiger partial charge in [0.05, 0.1) is 24.5 Å². The fourth-order valence-electron chi connectivity index (χ4n) is 4.17. The number of aromatic nitrogens is 1. The molecular weight excluding hydrogens is 529 g/mol. The molecule has 1 atom stereocenters. The van der Waals surface area contributed by atoms with E-state index in [2.05, 4.69) is 30.6 Å². The minimum atomic E-state index is -4.55. The van der Waals surface area contributed by atoms with Crippen LogP contribution in [0.1, 0.15) is 18.1 Å². The van der Waals surface area contributed by atoms with E-state index >= 15 is 0 Å². The fourth-order valence-corrected chi connectivity index (χ4v) is 4.17. The molecule has 14 heteroatoms. The van der Waals surface area contributed by atoms with Gasteiger partial charge in [-0.15, -0.1) is 0 Å². The van der Waals surface area contributed by atoms with E-state index in [1.807, 2.05) is 6.92 Å². The van der Waals surface area contributed by atoms with Gasteiger partial charge in [-0.05, 0) is 36.8 Å². The Morgan fingerprint density at radius 1 is 1.18 bits per heavy atom. The number of amides is 2. The second-order valence-corrected chi connectivity index (χ2v) is 9.16. The lowest BCUT2D eigenvalue weighted by Crippen LogP contribution is -2.46. The van der Waals surface area contributed by atoms with Gasteiger partial charge in [0.2, 0.25) is 0 Å². The molecule has 1 unspecified atom stereocenters. The van der Waals surface area contributed by atoms with Gasteiger partial charge < -0.3 is 15.8 Å². The molecule has 0 saturated carbocycles. The number of nitrogens with zero attached hydrogens (tertiary/aromatic N) is 5. The number of carbonyl (C=O) groups is 2. The van der Waals surface area contributed by atoms with Crippen molar-refractivity contribution in [2.75, 3.05) is 43.5 Å². The van der Waals surface area contributed by atoms with E-state index < -0.39 is 17.8 Å². The number of hydrazone groups is 1. The number of ether oxygens (including phenoxy) is 1. The standard InChI is InChI=1S/C26H29F3N8O3/c1-17-24(30)32-16-33-37(17)22(14-36-8-10-40-11-9-36)19(15-38)12-18-2-4-21(5-3-18)34-25(39)35-23-13-20(6-7-31-23)26(27,28)29/h2-7,13,15-17H,8-12,14H2,1H3,(H2,30,32,33)(H2,31,34,35,39)/b22-19+. The van der Waals surface area contributed by atoms with Crippen LogP contribution in [0.25, 0.3) is 0 Å². The highest BCUT2D eigenvalue weighted by Gasteiger charge is 2.31. The number of aliphatic imine (C=N–C) groups is 1. The van der Waals surface area contributed by atoms with E-state index in [0.29, 0.717) is 62.1 Å². The van der Waals surface area contributed by atoms with Crippen LogP contribution in [0.5, 0.6) is 0 Å². The molecule has 2 aliphatic rings. The summed E-state index contributed by atoms with van der Waals surface area (Å²) in [5.74, 6) is 0.145. The largest absolute Gasteiger partial charge is 0.416 e. The lowest BCUT2D eigenvalue weighted by Gasteiger charge is -2.35. The second kappa shape index (κ2) is 12.7. The molecule has 0 radical (unpaired) electrons. The zero-order valence-electron chi connectivity index (χ0n) is 21.7. The molecule has 0 bridgehead atoms. The minimum absolute atomic E-state index is 0.238. The Morgan fingerprint density at radius 3 is 2.58 bits per heavy atom. The third-order valence-corrected chi connectivity index (χ3v) is 6.38. The van der Waals surface area contributed by atoms with Crippen LogP contribution < -0.4 is 16.4 Å². The molecule has 2 amide bonds. The van der Waals surface area contributed by atoms with Crippen LogP contribution in [-0.2, 0) is 22.1 Å². The number of urea groups is 1. The maximum absolute atomic E-state index is 12.9. The summed E-state index contributed by atoms with van der Waals surface area (Å²) in [5, 5.41) is 10.9.